The van der Waals surface area contributed by atoms with E-state index in [-0.39, 0.29) is 23.3 Å². The molecule has 1 unspecified atom stereocenters. The van der Waals surface area contributed by atoms with E-state index in [4.69, 9.17) is 5.11 Å². The number of hydrogen-bond acceptors (Lipinski definition) is 3. The predicted molar refractivity (Wildman–Crippen MR) is 71.0 cm³/mol. The molecule has 104 valence electrons. The highest BCUT2D eigenvalue weighted by atomic mass is 19.1. The van der Waals surface area contributed by atoms with E-state index in [1.165, 1.54) is 12.1 Å². The number of anilines is 1. The minimum Gasteiger partial charge on any atom is -0.508 e. The van der Waals surface area contributed by atoms with Crippen LogP contribution in [0.25, 0.3) is 0 Å². The lowest BCUT2D eigenvalue weighted by molar-refractivity contribution is -0.117. The summed E-state index contributed by atoms with van der Waals surface area (Å²) in [5.41, 5.74) is 1.93. The van der Waals surface area contributed by atoms with Crippen LogP contribution >= 0.6 is 0 Å². The van der Waals surface area contributed by atoms with Crippen molar-refractivity contribution < 1.29 is 14.3 Å². The van der Waals surface area contributed by atoms with Crippen molar-refractivity contribution in [3.05, 3.63) is 41.5 Å². The smallest absolute Gasteiger partial charge is 0.232 e. The number of carbonyl (C=O) groups is 1. The summed E-state index contributed by atoms with van der Waals surface area (Å²) in [5.74, 6) is -1.39. The van der Waals surface area contributed by atoms with Crippen molar-refractivity contribution in [2.45, 2.75) is 25.2 Å². The third-order valence-electron chi connectivity index (χ3n) is 3.57. The molecule has 1 atom stereocenters. The molecule has 0 spiro atoms. The Labute approximate surface area is 114 Å². The molecule has 3 rings (SSSR count). The maximum Gasteiger partial charge on any atom is 0.232 e. The fourth-order valence-electron chi connectivity index (χ4n) is 2.56. The number of hydrogen-bond donors (Lipinski definition) is 3. The van der Waals surface area contributed by atoms with Gasteiger partial charge in [-0.15, -0.1) is 0 Å². The Balaban J connectivity index is 1.81. The summed E-state index contributed by atoms with van der Waals surface area (Å²) in [6.07, 6.45) is 4.15. The van der Waals surface area contributed by atoms with Crippen molar-refractivity contribution in [1.29, 1.82) is 0 Å². The average molecular weight is 275 g/mol. The molecule has 2 aromatic rings. The minimum absolute atomic E-state index is 0.0726. The highest BCUT2D eigenvalue weighted by Crippen LogP contribution is 2.31. The second-order valence-electron chi connectivity index (χ2n) is 4.90. The van der Waals surface area contributed by atoms with Gasteiger partial charge in [0.15, 0.2) is 0 Å². The highest BCUT2D eigenvalue weighted by Gasteiger charge is 2.28. The first-order chi connectivity index (χ1) is 9.65. The van der Waals surface area contributed by atoms with Crippen molar-refractivity contribution in [2.24, 2.45) is 0 Å². The molecule has 0 fully saturated rings. The Morgan fingerprint density at radius 2 is 2.35 bits per heavy atom. The lowest BCUT2D eigenvalue weighted by Gasteiger charge is -2.21. The van der Waals surface area contributed by atoms with Crippen LogP contribution in [0, 0.1) is 5.82 Å². The van der Waals surface area contributed by atoms with Gasteiger partial charge in [-0.05, 0) is 31.4 Å². The molecule has 1 amide bonds. The van der Waals surface area contributed by atoms with E-state index in [9.17, 15) is 9.18 Å². The number of H-pyrrole nitrogens is 1. The summed E-state index contributed by atoms with van der Waals surface area (Å²) in [6.45, 7) is 0. The molecule has 6 heteroatoms. The van der Waals surface area contributed by atoms with Crippen molar-refractivity contribution in [3.8, 4) is 5.75 Å². The van der Waals surface area contributed by atoms with Crippen LogP contribution in [0.15, 0.2) is 24.4 Å². The molecule has 1 aromatic heterocycles. The van der Waals surface area contributed by atoms with Crippen LogP contribution in [0.5, 0.6) is 5.75 Å². The molecule has 1 heterocycles. The fraction of sp³-hybridized carbons (Fsp3) is 0.286. The second kappa shape index (κ2) is 4.96. The number of benzene rings is 1. The van der Waals surface area contributed by atoms with E-state index in [1.807, 2.05) is 0 Å². The van der Waals surface area contributed by atoms with Crippen molar-refractivity contribution in [2.75, 3.05) is 5.32 Å². The standard InChI is InChI=1S/C14H14FN3O2/c15-11-6-8(19)4-5-13(11)17-14(20)9-2-1-3-12-10(9)7-16-18-12/h4-7,9,19H,1-3H2,(H,16,18)(H,17,20). The Bertz CT molecular complexity index is 654. The maximum absolute atomic E-state index is 13.6. The fourth-order valence-corrected chi connectivity index (χ4v) is 2.56. The van der Waals surface area contributed by atoms with E-state index in [1.54, 1.807) is 6.20 Å². The number of nitrogens with one attached hydrogen (secondary N) is 2. The van der Waals surface area contributed by atoms with Crippen LogP contribution in [-0.2, 0) is 11.2 Å². The molecular formula is C14H14FN3O2. The number of aryl methyl sites for hydroxylation is 1. The van der Waals surface area contributed by atoms with E-state index in [0.717, 1.165) is 36.6 Å². The number of nitrogens with zero attached hydrogens (tertiary/aromatic N) is 1. The van der Waals surface area contributed by atoms with Gasteiger partial charge in [0.05, 0.1) is 17.8 Å². The number of phenols is 1. The van der Waals surface area contributed by atoms with Gasteiger partial charge in [-0.1, -0.05) is 0 Å². The van der Waals surface area contributed by atoms with Crippen LogP contribution in [-0.4, -0.2) is 21.2 Å². The van der Waals surface area contributed by atoms with Gasteiger partial charge in [-0.25, -0.2) is 4.39 Å². The number of aromatic nitrogens is 2. The zero-order chi connectivity index (χ0) is 14.1. The highest BCUT2D eigenvalue weighted by molar-refractivity contribution is 5.96. The topological polar surface area (TPSA) is 78.0 Å². The van der Waals surface area contributed by atoms with Gasteiger partial charge in [-0.3, -0.25) is 9.89 Å². The lowest BCUT2D eigenvalue weighted by Crippen LogP contribution is -2.24. The number of carbonyl (C=O) groups excluding carboxylic acids is 1. The van der Waals surface area contributed by atoms with Crippen LogP contribution in [0.2, 0.25) is 0 Å². The summed E-state index contributed by atoms with van der Waals surface area (Å²) in [5, 5.41) is 18.6. The van der Waals surface area contributed by atoms with Crippen LogP contribution < -0.4 is 5.32 Å². The van der Waals surface area contributed by atoms with Gasteiger partial charge < -0.3 is 10.4 Å². The Morgan fingerprint density at radius 1 is 1.50 bits per heavy atom. The van der Waals surface area contributed by atoms with Gasteiger partial charge in [0.25, 0.3) is 0 Å². The average Bonchev–Trinajstić information content (AvgIpc) is 2.90. The molecule has 3 N–H and O–H groups in total. The number of fused-ring (bicyclic) bond motifs is 1. The zero-order valence-electron chi connectivity index (χ0n) is 10.7. The lowest BCUT2D eigenvalue weighted by atomic mass is 9.86. The van der Waals surface area contributed by atoms with Crippen LogP contribution in [0.1, 0.15) is 30.0 Å². The summed E-state index contributed by atoms with van der Waals surface area (Å²) < 4.78 is 13.6. The molecule has 0 saturated heterocycles. The first-order valence-electron chi connectivity index (χ1n) is 6.46. The number of aromatic amines is 1. The van der Waals surface area contributed by atoms with E-state index < -0.39 is 5.82 Å². The Kier molecular flexibility index (Phi) is 3.14. The number of phenolic OH excluding ortho intramolecular Hbond substituents is 1. The molecule has 1 aliphatic carbocycles. The number of amides is 1. The van der Waals surface area contributed by atoms with Crippen molar-refractivity contribution in [1.82, 2.24) is 10.2 Å². The number of rotatable bonds is 2. The molecule has 0 saturated carbocycles. The molecule has 5 nitrogen and oxygen atoms in total. The second-order valence-corrected chi connectivity index (χ2v) is 4.90. The minimum atomic E-state index is -0.651. The van der Waals surface area contributed by atoms with Crippen LogP contribution in [0.4, 0.5) is 10.1 Å². The Hall–Kier alpha value is -2.37. The predicted octanol–water partition coefficient (Wildman–Crippen LogP) is 2.31. The van der Waals surface area contributed by atoms with E-state index in [0.29, 0.717) is 0 Å². The molecule has 0 bridgehead atoms. The molecule has 1 aromatic carbocycles. The van der Waals surface area contributed by atoms with E-state index >= 15 is 0 Å². The first kappa shape index (κ1) is 12.7. The summed E-state index contributed by atoms with van der Waals surface area (Å²) in [6, 6.07) is 3.66. The van der Waals surface area contributed by atoms with Gasteiger partial charge in [0.2, 0.25) is 5.91 Å². The quantitative estimate of drug-likeness (QED) is 0.736. The molecule has 0 radical (unpaired) electrons. The van der Waals surface area contributed by atoms with Gasteiger partial charge >= 0.3 is 0 Å². The van der Waals surface area contributed by atoms with Crippen molar-refractivity contribution >= 4 is 11.6 Å². The van der Waals surface area contributed by atoms with E-state index in [2.05, 4.69) is 15.5 Å². The SMILES string of the molecule is O=C(Nc1ccc(O)cc1F)C1CCCc2[nH]ncc21. The third kappa shape index (κ3) is 2.24. The number of halogens is 1. The first-order valence-corrected chi connectivity index (χ1v) is 6.46. The number of aromatic hydroxyl groups is 1. The van der Waals surface area contributed by atoms with Gasteiger partial charge in [0.1, 0.15) is 11.6 Å². The molecular weight excluding hydrogens is 261 g/mol. The summed E-state index contributed by atoms with van der Waals surface area (Å²) in [4.78, 5) is 12.3. The van der Waals surface area contributed by atoms with Crippen LogP contribution in [0.3, 0.4) is 0 Å². The normalized spacial score (nSPS) is 17.6. The van der Waals surface area contributed by atoms with Gasteiger partial charge in [-0.2, -0.15) is 5.10 Å². The zero-order valence-corrected chi connectivity index (χ0v) is 10.7. The summed E-state index contributed by atoms with van der Waals surface area (Å²) >= 11 is 0. The molecule has 1 aliphatic rings. The van der Waals surface area contributed by atoms with Gasteiger partial charge in [0, 0.05) is 17.3 Å². The third-order valence-corrected chi connectivity index (χ3v) is 3.57. The molecule has 0 aliphatic heterocycles. The largest absolute Gasteiger partial charge is 0.508 e. The van der Waals surface area contributed by atoms with Crippen molar-refractivity contribution in [3.63, 3.8) is 0 Å². The summed E-state index contributed by atoms with van der Waals surface area (Å²) in [7, 11) is 0. The monoisotopic (exact) mass is 275 g/mol. The maximum atomic E-state index is 13.6. The Morgan fingerprint density at radius 3 is 3.15 bits per heavy atom. The molecule has 20 heavy (non-hydrogen) atoms.